The number of esters is 1. The molecule has 2 saturated heterocycles. The molecule has 3 rings (SSSR count). The number of ether oxygens (including phenoxy) is 4. The Hall–Kier alpha value is -1.67. The maximum absolute atomic E-state index is 13.0. The zero-order valence-corrected chi connectivity index (χ0v) is 26.5. The summed E-state index contributed by atoms with van der Waals surface area (Å²) in [6.07, 6.45) is 2.70. The first-order valence-electron chi connectivity index (χ1n) is 15.5. The molecule has 0 amide bonds. The number of hydrogen-bond donors (Lipinski definition) is 1. The van der Waals surface area contributed by atoms with E-state index in [2.05, 4.69) is 58.8 Å². The molecule has 0 saturated carbocycles. The van der Waals surface area contributed by atoms with Crippen LogP contribution in [-0.2, 0) is 19.0 Å². The van der Waals surface area contributed by atoms with Gasteiger partial charge in [0.05, 0.1) is 30.8 Å². The third kappa shape index (κ3) is 9.43. The van der Waals surface area contributed by atoms with Crippen molar-refractivity contribution in [3.8, 4) is 5.75 Å². The van der Waals surface area contributed by atoms with Gasteiger partial charge >= 0.3 is 5.97 Å². The van der Waals surface area contributed by atoms with E-state index in [1.807, 2.05) is 44.3 Å². The van der Waals surface area contributed by atoms with Crippen molar-refractivity contribution in [2.75, 3.05) is 27.2 Å². The number of carbonyl (C=O) groups excluding carboxylic acids is 1. The summed E-state index contributed by atoms with van der Waals surface area (Å²) >= 11 is 0. The summed E-state index contributed by atoms with van der Waals surface area (Å²) in [6, 6.07) is 10.4. The maximum atomic E-state index is 13.0. The van der Waals surface area contributed by atoms with Crippen molar-refractivity contribution in [1.82, 2.24) is 10.2 Å². The van der Waals surface area contributed by atoms with E-state index in [-0.39, 0.29) is 48.1 Å². The van der Waals surface area contributed by atoms with Gasteiger partial charge in [0.15, 0.2) is 12.4 Å². The van der Waals surface area contributed by atoms with Crippen molar-refractivity contribution in [2.24, 2.45) is 29.6 Å². The Morgan fingerprint density at radius 3 is 2.23 bits per heavy atom. The van der Waals surface area contributed by atoms with Crippen LogP contribution in [0.5, 0.6) is 5.75 Å². The quantitative estimate of drug-likeness (QED) is 0.459. The van der Waals surface area contributed by atoms with E-state index in [9.17, 15) is 4.79 Å². The number of cyclic esters (lactones) is 1. The second-order valence-corrected chi connectivity index (χ2v) is 13.1. The highest BCUT2D eigenvalue weighted by Crippen LogP contribution is 2.34. The number of para-hydroxylation sites is 1. The van der Waals surface area contributed by atoms with Crippen molar-refractivity contribution in [3.05, 3.63) is 30.3 Å². The second kappa shape index (κ2) is 15.5. The Bertz CT molecular complexity index is 885. The van der Waals surface area contributed by atoms with Gasteiger partial charge < -0.3 is 29.2 Å². The molecule has 2 heterocycles. The summed E-state index contributed by atoms with van der Waals surface area (Å²) in [5.41, 5.74) is 0. The van der Waals surface area contributed by atoms with Crippen LogP contribution in [0.25, 0.3) is 0 Å². The highest BCUT2D eigenvalue weighted by Gasteiger charge is 2.42. The van der Waals surface area contributed by atoms with Gasteiger partial charge in [-0.15, -0.1) is 0 Å². The van der Waals surface area contributed by atoms with E-state index in [1.165, 1.54) is 0 Å². The number of benzene rings is 1. The average Bonchev–Trinajstić information content (AvgIpc) is 2.91. The van der Waals surface area contributed by atoms with E-state index >= 15 is 0 Å². The van der Waals surface area contributed by atoms with Crippen LogP contribution in [0.15, 0.2) is 30.3 Å². The molecule has 2 aliphatic heterocycles. The largest absolute Gasteiger partial charge is 0.483 e. The van der Waals surface area contributed by atoms with Crippen LogP contribution in [0.2, 0.25) is 0 Å². The number of likely N-dealkylation sites (N-methyl/N-ethyl adjacent to an activating group) is 1. The third-order valence-corrected chi connectivity index (χ3v) is 8.92. The molecular weight excluding hydrogens is 504 g/mol. The molecule has 0 radical (unpaired) electrons. The van der Waals surface area contributed by atoms with Gasteiger partial charge in [0, 0.05) is 12.6 Å². The summed E-state index contributed by atoms with van der Waals surface area (Å²) in [6.45, 7) is 16.9. The first-order valence-corrected chi connectivity index (χ1v) is 15.5. The number of hydrogen-bond acceptors (Lipinski definition) is 7. The van der Waals surface area contributed by atoms with Gasteiger partial charge in [-0.25, -0.2) is 0 Å². The van der Waals surface area contributed by atoms with E-state index in [0.717, 1.165) is 31.6 Å². The van der Waals surface area contributed by atoms with E-state index in [0.29, 0.717) is 30.9 Å². The first-order chi connectivity index (χ1) is 19.0. The molecule has 0 aromatic heterocycles. The fourth-order valence-corrected chi connectivity index (χ4v) is 6.71. The van der Waals surface area contributed by atoms with Crippen LogP contribution >= 0.6 is 0 Å². The van der Waals surface area contributed by atoms with Crippen LogP contribution in [0, 0.1) is 29.6 Å². The summed E-state index contributed by atoms with van der Waals surface area (Å²) in [7, 11) is 4.19. The molecule has 40 heavy (non-hydrogen) atoms. The van der Waals surface area contributed by atoms with Crippen LogP contribution in [-0.4, -0.2) is 74.8 Å². The van der Waals surface area contributed by atoms with Crippen LogP contribution in [0.4, 0.5) is 0 Å². The van der Waals surface area contributed by atoms with Crippen molar-refractivity contribution < 1.29 is 23.7 Å². The predicted octanol–water partition coefficient (Wildman–Crippen LogP) is 5.77. The molecule has 228 valence electrons. The van der Waals surface area contributed by atoms with Gasteiger partial charge in [0.25, 0.3) is 0 Å². The average molecular weight is 561 g/mol. The minimum Gasteiger partial charge on any atom is -0.483 e. The predicted molar refractivity (Wildman–Crippen MR) is 160 cm³/mol. The Morgan fingerprint density at radius 2 is 1.55 bits per heavy atom. The SMILES string of the molecule is CN[C@H]1C[C@@H](C)O[C@@H](OC2C(C)CC(C)CN(C)C(C)CC(C)COC(=O)C(C)CC2C)[C@@H]1Oc1ccccc1. The van der Waals surface area contributed by atoms with Crippen molar-refractivity contribution in [1.29, 1.82) is 0 Å². The fourth-order valence-electron chi connectivity index (χ4n) is 6.71. The molecule has 1 aromatic carbocycles. The van der Waals surface area contributed by atoms with E-state index < -0.39 is 6.29 Å². The molecule has 0 bridgehead atoms. The molecule has 11 atom stereocenters. The summed E-state index contributed by atoms with van der Waals surface area (Å²) in [5.74, 6) is 1.73. The lowest BCUT2D eigenvalue weighted by Gasteiger charge is -2.44. The molecule has 7 unspecified atom stereocenters. The van der Waals surface area contributed by atoms with Crippen LogP contribution in [0.3, 0.4) is 0 Å². The lowest BCUT2D eigenvalue weighted by molar-refractivity contribution is -0.267. The molecule has 0 aliphatic carbocycles. The van der Waals surface area contributed by atoms with Crippen LogP contribution in [0.1, 0.15) is 74.1 Å². The lowest BCUT2D eigenvalue weighted by atomic mass is 9.82. The fraction of sp³-hybridized carbons (Fsp3) is 0.788. The van der Waals surface area contributed by atoms with Crippen molar-refractivity contribution in [3.63, 3.8) is 0 Å². The molecule has 0 spiro atoms. The summed E-state index contributed by atoms with van der Waals surface area (Å²) in [4.78, 5) is 15.4. The molecule has 1 N–H and O–H groups in total. The lowest BCUT2D eigenvalue weighted by Crippen LogP contribution is -2.57. The zero-order chi connectivity index (χ0) is 29.4. The highest BCUT2D eigenvalue weighted by atomic mass is 16.7. The van der Waals surface area contributed by atoms with Crippen LogP contribution < -0.4 is 10.1 Å². The zero-order valence-electron chi connectivity index (χ0n) is 26.5. The first kappa shape index (κ1) is 32.8. The topological polar surface area (TPSA) is 69.3 Å². The normalized spacial score (nSPS) is 39.5. The maximum Gasteiger partial charge on any atom is 0.308 e. The number of nitrogens with one attached hydrogen (secondary N) is 1. The Labute approximate surface area is 243 Å². The minimum absolute atomic E-state index is 0.0379. The number of rotatable bonds is 5. The van der Waals surface area contributed by atoms with Gasteiger partial charge in [-0.3, -0.25) is 4.79 Å². The molecule has 2 aliphatic rings. The summed E-state index contributed by atoms with van der Waals surface area (Å²) in [5, 5.41) is 3.45. The standard InChI is InChI=1S/C33H56N2O5/c1-21-15-23(3)30(24(4)17-25(5)32(36)37-20-22(2)16-26(6)35(9)19-21)40-33-31(29(34-8)18-27(7)38-33)39-28-13-11-10-12-14-28/h10-14,21-27,29-31,33-34H,15-20H2,1-9H3/t21?,22?,23?,24?,25?,26?,27-,29+,30?,31-,33+/m1/s1. The molecule has 2 fully saturated rings. The smallest absolute Gasteiger partial charge is 0.308 e. The monoisotopic (exact) mass is 560 g/mol. The Balaban J connectivity index is 1.86. The highest BCUT2D eigenvalue weighted by molar-refractivity contribution is 5.71. The minimum atomic E-state index is -0.528. The number of nitrogens with zero attached hydrogens (tertiary/aromatic N) is 1. The van der Waals surface area contributed by atoms with Gasteiger partial charge in [-0.1, -0.05) is 52.8 Å². The molecular formula is C33H56N2O5. The van der Waals surface area contributed by atoms with E-state index in [1.54, 1.807) is 0 Å². The number of carbonyl (C=O) groups is 1. The second-order valence-electron chi connectivity index (χ2n) is 13.1. The Kier molecular flexibility index (Phi) is 12.7. The van der Waals surface area contributed by atoms with Gasteiger partial charge in [0.2, 0.25) is 0 Å². The van der Waals surface area contributed by atoms with Crippen molar-refractivity contribution in [2.45, 2.75) is 111 Å². The third-order valence-electron chi connectivity index (χ3n) is 8.92. The van der Waals surface area contributed by atoms with Crippen molar-refractivity contribution >= 4 is 5.97 Å². The molecule has 1 aromatic rings. The molecule has 7 nitrogen and oxygen atoms in total. The van der Waals surface area contributed by atoms with Gasteiger partial charge in [-0.2, -0.15) is 0 Å². The van der Waals surface area contributed by atoms with Gasteiger partial charge in [-0.05, 0) is 89.4 Å². The summed E-state index contributed by atoms with van der Waals surface area (Å²) < 4.78 is 25.7. The molecule has 7 heteroatoms. The van der Waals surface area contributed by atoms with Gasteiger partial charge in [0.1, 0.15) is 5.75 Å². The Morgan fingerprint density at radius 1 is 0.875 bits per heavy atom. The van der Waals surface area contributed by atoms with E-state index in [4.69, 9.17) is 18.9 Å².